The monoisotopic (exact) mass is 611 g/mol. The van der Waals surface area contributed by atoms with Crippen LogP contribution in [0.2, 0.25) is 0 Å². The van der Waals surface area contributed by atoms with E-state index in [1.54, 1.807) is 0 Å². The number of hydrogen-bond donors (Lipinski definition) is 0. The first-order chi connectivity index (χ1) is 23.8. The molecule has 48 heavy (non-hydrogen) atoms. The number of benzene rings is 8. The van der Waals surface area contributed by atoms with Gasteiger partial charge in [-0.15, -0.1) is 0 Å². The first kappa shape index (κ1) is 27.8. The molecule has 1 aromatic heterocycles. The maximum Gasteiger partial charge on any atom is 0.165 e. The van der Waals surface area contributed by atoms with Gasteiger partial charge in [0, 0.05) is 22.1 Å². The molecule has 9 rings (SSSR count). The highest BCUT2D eigenvalue weighted by Crippen LogP contribution is 2.40. The largest absolute Gasteiger partial charge is 0.208 e. The minimum atomic E-state index is 0.634. The summed E-state index contributed by atoms with van der Waals surface area (Å²) in [5.41, 5.74) is 7.39. The van der Waals surface area contributed by atoms with Gasteiger partial charge < -0.3 is 0 Å². The molecule has 0 radical (unpaired) electrons. The third kappa shape index (κ3) is 4.99. The van der Waals surface area contributed by atoms with Crippen molar-refractivity contribution in [3.8, 4) is 56.4 Å². The minimum Gasteiger partial charge on any atom is -0.208 e. The topological polar surface area (TPSA) is 38.7 Å². The Labute approximate surface area is 278 Å². The van der Waals surface area contributed by atoms with E-state index in [-0.39, 0.29) is 0 Å². The first-order valence-electron chi connectivity index (χ1n) is 16.2. The second-order valence-electron chi connectivity index (χ2n) is 12.1. The van der Waals surface area contributed by atoms with E-state index in [9.17, 15) is 0 Å². The average Bonchev–Trinajstić information content (AvgIpc) is 3.17. The van der Waals surface area contributed by atoms with Gasteiger partial charge in [0.05, 0.1) is 0 Å². The molecule has 8 aromatic carbocycles. The summed E-state index contributed by atoms with van der Waals surface area (Å²) < 4.78 is 0. The van der Waals surface area contributed by atoms with E-state index in [0.717, 1.165) is 60.5 Å². The van der Waals surface area contributed by atoms with Gasteiger partial charge in [-0.25, -0.2) is 15.0 Å². The van der Waals surface area contributed by atoms with E-state index in [1.165, 1.54) is 10.8 Å². The van der Waals surface area contributed by atoms with Crippen LogP contribution in [0.1, 0.15) is 0 Å². The van der Waals surface area contributed by atoms with Crippen LogP contribution < -0.4 is 0 Å². The zero-order chi connectivity index (χ0) is 31.9. The van der Waals surface area contributed by atoms with Crippen molar-refractivity contribution in [2.75, 3.05) is 0 Å². The van der Waals surface area contributed by atoms with Gasteiger partial charge in [-0.05, 0) is 73.5 Å². The van der Waals surface area contributed by atoms with Crippen molar-refractivity contribution in [2.24, 2.45) is 0 Å². The molecule has 0 atom stereocenters. The highest BCUT2D eigenvalue weighted by atomic mass is 15.0. The molecule has 0 aliphatic rings. The molecule has 224 valence electrons. The van der Waals surface area contributed by atoms with E-state index in [1.807, 2.05) is 30.3 Å². The van der Waals surface area contributed by atoms with Gasteiger partial charge in [0.25, 0.3) is 0 Å². The summed E-state index contributed by atoms with van der Waals surface area (Å²) in [5, 5.41) is 6.92. The SMILES string of the molecule is c1ccc(-c2cc(-c3ccccc3)cc(-c3nc(-c4ccccc4)nc(-c4c5ccccc5cc5ccc6ccccc6c45)n3)c2)cc1. The molecule has 9 aromatic rings. The number of rotatable bonds is 5. The van der Waals surface area contributed by atoms with E-state index in [2.05, 4.69) is 146 Å². The smallest absolute Gasteiger partial charge is 0.165 e. The number of hydrogen-bond acceptors (Lipinski definition) is 3. The second kappa shape index (κ2) is 11.7. The van der Waals surface area contributed by atoms with Crippen LogP contribution in [0.15, 0.2) is 176 Å². The third-order valence-corrected chi connectivity index (χ3v) is 9.05. The number of fused-ring (bicyclic) bond motifs is 4. The molecule has 0 amide bonds. The van der Waals surface area contributed by atoms with Gasteiger partial charge in [-0.1, -0.05) is 152 Å². The predicted molar refractivity (Wildman–Crippen MR) is 200 cm³/mol. The molecule has 0 fully saturated rings. The normalized spacial score (nSPS) is 11.3. The lowest BCUT2D eigenvalue weighted by Crippen LogP contribution is -2.01. The molecule has 0 saturated heterocycles. The van der Waals surface area contributed by atoms with Crippen molar-refractivity contribution in [1.82, 2.24) is 15.0 Å². The molecule has 1 heterocycles. The zero-order valence-electron chi connectivity index (χ0n) is 26.1. The van der Waals surface area contributed by atoms with Gasteiger partial charge in [0.1, 0.15) is 0 Å². The fourth-order valence-corrected chi connectivity index (χ4v) is 6.76. The van der Waals surface area contributed by atoms with Crippen molar-refractivity contribution < 1.29 is 0 Å². The van der Waals surface area contributed by atoms with E-state index >= 15 is 0 Å². The van der Waals surface area contributed by atoms with Crippen molar-refractivity contribution in [1.29, 1.82) is 0 Å². The van der Waals surface area contributed by atoms with E-state index in [4.69, 9.17) is 15.0 Å². The highest BCUT2D eigenvalue weighted by molar-refractivity contribution is 6.21. The quantitative estimate of drug-likeness (QED) is 0.144. The minimum absolute atomic E-state index is 0.634. The van der Waals surface area contributed by atoms with Gasteiger partial charge >= 0.3 is 0 Å². The first-order valence-corrected chi connectivity index (χ1v) is 16.2. The maximum atomic E-state index is 5.35. The average molecular weight is 612 g/mol. The molecule has 0 aliphatic carbocycles. The van der Waals surface area contributed by atoms with Gasteiger partial charge in [0.15, 0.2) is 17.5 Å². The second-order valence-corrected chi connectivity index (χ2v) is 12.1. The molecule has 0 N–H and O–H groups in total. The van der Waals surface area contributed by atoms with Crippen LogP contribution in [0.25, 0.3) is 88.7 Å². The molecule has 0 bridgehead atoms. The Kier molecular flexibility index (Phi) is 6.80. The van der Waals surface area contributed by atoms with Gasteiger partial charge in [-0.3, -0.25) is 0 Å². The van der Waals surface area contributed by atoms with Crippen LogP contribution in [0.5, 0.6) is 0 Å². The summed E-state index contributed by atoms with van der Waals surface area (Å²) in [6.45, 7) is 0. The van der Waals surface area contributed by atoms with Gasteiger partial charge in [0.2, 0.25) is 0 Å². The Bertz CT molecular complexity index is 2540. The van der Waals surface area contributed by atoms with Crippen LogP contribution in [0.4, 0.5) is 0 Å². The van der Waals surface area contributed by atoms with Gasteiger partial charge in [-0.2, -0.15) is 0 Å². The number of nitrogens with zero attached hydrogens (tertiary/aromatic N) is 3. The Morgan fingerprint density at radius 2 is 0.729 bits per heavy atom. The molecule has 0 aliphatic heterocycles. The Hall–Kier alpha value is -6.45. The fraction of sp³-hybridized carbons (Fsp3) is 0. The fourth-order valence-electron chi connectivity index (χ4n) is 6.76. The summed E-state index contributed by atoms with van der Waals surface area (Å²) in [4.78, 5) is 15.8. The summed E-state index contributed by atoms with van der Waals surface area (Å²) in [6.07, 6.45) is 0. The Morgan fingerprint density at radius 3 is 1.38 bits per heavy atom. The van der Waals surface area contributed by atoms with Crippen molar-refractivity contribution in [3.63, 3.8) is 0 Å². The number of aromatic nitrogens is 3. The summed E-state index contributed by atoms with van der Waals surface area (Å²) in [6, 6.07) is 61.7. The lowest BCUT2D eigenvalue weighted by molar-refractivity contribution is 1.08. The molecule has 0 spiro atoms. The lowest BCUT2D eigenvalue weighted by atomic mass is 9.92. The Morgan fingerprint density at radius 1 is 0.271 bits per heavy atom. The standard InChI is InChI=1S/C45H29N3/c1-4-14-30(15-5-1)36-27-37(31-16-6-2-7-17-31)29-38(28-36)44-46-43(33-19-8-3-9-20-33)47-45(48-44)42-40-23-13-11-21-34(40)26-35-25-24-32-18-10-12-22-39(32)41(35)42/h1-29H. The lowest BCUT2D eigenvalue weighted by Gasteiger charge is -2.16. The van der Waals surface area contributed by atoms with Crippen LogP contribution in [-0.4, -0.2) is 15.0 Å². The Balaban J connectivity index is 1.38. The van der Waals surface area contributed by atoms with Crippen LogP contribution in [0, 0.1) is 0 Å². The summed E-state index contributed by atoms with van der Waals surface area (Å²) >= 11 is 0. The van der Waals surface area contributed by atoms with Crippen LogP contribution in [0.3, 0.4) is 0 Å². The molecule has 0 saturated carbocycles. The molecular weight excluding hydrogens is 583 g/mol. The summed E-state index contributed by atoms with van der Waals surface area (Å²) in [5.74, 6) is 1.93. The van der Waals surface area contributed by atoms with Crippen molar-refractivity contribution in [2.45, 2.75) is 0 Å². The van der Waals surface area contributed by atoms with E-state index in [0.29, 0.717) is 17.5 Å². The highest BCUT2D eigenvalue weighted by Gasteiger charge is 2.19. The van der Waals surface area contributed by atoms with E-state index < -0.39 is 0 Å². The predicted octanol–water partition coefficient (Wildman–Crippen LogP) is 11.7. The zero-order valence-corrected chi connectivity index (χ0v) is 26.1. The van der Waals surface area contributed by atoms with Crippen molar-refractivity contribution >= 4 is 32.3 Å². The van der Waals surface area contributed by atoms with Crippen molar-refractivity contribution in [3.05, 3.63) is 176 Å². The van der Waals surface area contributed by atoms with Crippen LogP contribution in [-0.2, 0) is 0 Å². The third-order valence-electron chi connectivity index (χ3n) is 9.05. The summed E-state index contributed by atoms with van der Waals surface area (Å²) in [7, 11) is 0. The molecule has 3 heteroatoms. The maximum absolute atomic E-state index is 5.35. The molecule has 0 unspecified atom stereocenters. The molecule has 3 nitrogen and oxygen atoms in total. The molecular formula is C45H29N3. The van der Waals surface area contributed by atoms with Crippen LogP contribution >= 0.6 is 0 Å².